The average molecular weight is 428 g/mol. The normalized spacial score (nSPS) is 14.7. The lowest BCUT2D eigenvalue weighted by Gasteiger charge is -2.30. The molecular weight excluding hydrogens is 410 g/mol. The van der Waals surface area contributed by atoms with E-state index in [2.05, 4.69) is 0 Å². The minimum absolute atomic E-state index is 0.0610. The van der Waals surface area contributed by atoms with E-state index in [9.17, 15) is 21.6 Å². The number of hydrogen-bond acceptors (Lipinski definition) is 5. The first-order chi connectivity index (χ1) is 12.5. The molecule has 0 unspecified atom stereocenters. The highest BCUT2D eigenvalue weighted by Gasteiger charge is 2.26. The maximum Gasteiger partial charge on any atom is 0.258 e. The summed E-state index contributed by atoms with van der Waals surface area (Å²) in [6.45, 7) is 0.459. The van der Waals surface area contributed by atoms with Crippen molar-refractivity contribution in [1.82, 2.24) is 0 Å². The summed E-state index contributed by atoms with van der Waals surface area (Å²) >= 11 is 5.95. The first kappa shape index (κ1) is 19.9. The molecule has 3 rings (SSSR count). The van der Waals surface area contributed by atoms with Crippen molar-refractivity contribution in [1.29, 1.82) is 0 Å². The van der Waals surface area contributed by atoms with E-state index < -0.39 is 19.7 Å². The molecule has 0 aliphatic carbocycles. The molecule has 144 valence electrons. The van der Waals surface area contributed by atoms with Crippen LogP contribution in [0.2, 0.25) is 5.02 Å². The molecule has 0 radical (unpaired) electrons. The second kappa shape index (κ2) is 6.92. The van der Waals surface area contributed by atoms with E-state index in [0.29, 0.717) is 25.1 Å². The van der Waals surface area contributed by atoms with Crippen LogP contribution in [0.3, 0.4) is 0 Å². The highest BCUT2D eigenvalue weighted by molar-refractivity contribution is 7.91. The summed E-state index contributed by atoms with van der Waals surface area (Å²) in [5, 5.41) is 0.0610. The highest BCUT2D eigenvalue weighted by Crippen LogP contribution is 2.31. The smallest absolute Gasteiger partial charge is 0.258 e. The summed E-state index contributed by atoms with van der Waals surface area (Å²) in [5.41, 5.74) is 1.61. The SMILES string of the molecule is CS(=O)(=O)c1ccc2c(c1)CCCN2C(=O)c1ccc(Cl)c(S(C)(=O)=O)c1. The number of sulfone groups is 2. The predicted molar refractivity (Wildman–Crippen MR) is 104 cm³/mol. The molecule has 6 nitrogen and oxygen atoms in total. The lowest BCUT2D eigenvalue weighted by molar-refractivity contribution is 0.0985. The summed E-state index contributed by atoms with van der Waals surface area (Å²) in [7, 11) is -6.91. The van der Waals surface area contributed by atoms with Gasteiger partial charge < -0.3 is 4.90 Å². The maximum atomic E-state index is 13.0. The average Bonchev–Trinajstić information content (AvgIpc) is 2.58. The molecule has 9 heteroatoms. The Hall–Kier alpha value is -1.90. The van der Waals surface area contributed by atoms with Gasteiger partial charge >= 0.3 is 0 Å². The van der Waals surface area contributed by atoms with Crippen molar-refractivity contribution >= 4 is 42.9 Å². The van der Waals surface area contributed by atoms with Gasteiger partial charge in [0.05, 0.1) is 14.8 Å². The minimum atomic E-state index is -3.57. The van der Waals surface area contributed by atoms with Gasteiger partial charge in [-0.1, -0.05) is 11.6 Å². The number of carbonyl (C=O) groups is 1. The van der Waals surface area contributed by atoms with Crippen LogP contribution in [0.15, 0.2) is 46.2 Å². The molecule has 1 amide bonds. The molecule has 0 N–H and O–H groups in total. The summed E-state index contributed by atoms with van der Waals surface area (Å²) in [4.78, 5) is 14.7. The van der Waals surface area contributed by atoms with Crippen molar-refractivity contribution in [2.45, 2.75) is 22.6 Å². The zero-order valence-electron chi connectivity index (χ0n) is 14.8. The van der Waals surface area contributed by atoms with E-state index in [4.69, 9.17) is 11.6 Å². The number of anilines is 1. The quantitative estimate of drug-likeness (QED) is 0.751. The van der Waals surface area contributed by atoms with Crippen LogP contribution in [0.25, 0.3) is 0 Å². The van der Waals surface area contributed by atoms with Crippen molar-refractivity contribution in [2.75, 3.05) is 24.0 Å². The number of aryl methyl sites for hydroxylation is 1. The topological polar surface area (TPSA) is 88.6 Å². The fraction of sp³-hybridized carbons (Fsp3) is 0.278. The van der Waals surface area contributed by atoms with Gasteiger partial charge in [0.1, 0.15) is 0 Å². The van der Waals surface area contributed by atoms with Crippen LogP contribution >= 0.6 is 11.6 Å². The van der Waals surface area contributed by atoms with Gasteiger partial charge in [-0.15, -0.1) is 0 Å². The molecule has 27 heavy (non-hydrogen) atoms. The largest absolute Gasteiger partial charge is 0.308 e. The zero-order valence-corrected chi connectivity index (χ0v) is 17.2. The summed E-state index contributed by atoms with van der Waals surface area (Å²) in [6.07, 6.45) is 3.52. The Kier molecular flexibility index (Phi) is 5.09. The number of amides is 1. The van der Waals surface area contributed by atoms with E-state index in [0.717, 1.165) is 18.1 Å². The monoisotopic (exact) mass is 427 g/mol. The van der Waals surface area contributed by atoms with Crippen LogP contribution in [0.1, 0.15) is 22.3 Å². The predicted octanol–water partition coefficient (Wildman–Crippen LogP) is 2.74. The Balaban J connectivity index is 2.03. The molecule has 1 aliphatic heterocycles. The lowest BCUT2D eigenvalue weighted by atomic mass is 10.0. The maximum absolute atomic E-state index is 13.0. The van der Waals surface area contributed by atoms with E-state index in [1.165, 1.54) is 24.3 Å². The standard InChI is InChI=1S/C18H18ClNO5S2/c1-26(22,23)14-6-8-16-12(10-14)4-3-9-20(16)18(21)13-5-7-15(19)17(11-13)27(2,24)25/h5-8,10-11H,3-4,9H2,1-2H3. The number of rotatable bonds is 3. The first-order valence-electron chi connectivity index (χ1n) is 8.13. The number of hydrogen-bond donors (Lipinski definition) is 0. The number of benzene rings is 2. The Morgan fingerprint density at radius 3 is 2.33 bits per heavy atom. The van der Waals surface area contributed by atoms with Crippen molar-refractivity contribution in [3.05, 3.63) is 52.5 Å². The van der Waals surface area contributed by atoms with Gasteiger partial charge in [-0.05, 0) is 54.8 Å². The van der Waals surface area contributed by atoms with Crippen LogP contribution in [0, 0.1) is 0 Å². The van der Waals surface area contributed by atoms with Gasteiger partial charge in [0.15, 0.2) is 19.7 Å². The number of fused-ring (bicyclic) bond motifs is 1. The third-order valence-electron chi connectivity index (χ3n) is 4.42. The minimum Gasteiger partial charge on any atom is -0.308 e. The van der Waals surface area contributed by atoms with Crippen LogP contribution < -0.4 is 4.90 Å². The summed E-state index contributed by atoms with van der Waals surface area (Å²) < 4.78 is 47.3. The van der Waals surface area contributed by atoms with Gasteiger partial charge in [0, 0.05) is 30.3 Å². The molecule has 2 aromatic carbocycles. The van der Waals surface area contributed by atoms with Gasteiger partial charge in [0.25, 0.3) is 5.91 Å². The Labute approximate surface area is 163 Å². The molecule has 0 saturated carbocycles. The Morgan fingerprint density at radius 1 is 1.00 bits per heavy atom. The number of nitrogens with zero attached hydrogens (tertiary/aromatic N) is 1. The number of carbonyl (C=O) groups excluding carboxylic acids is 1. The van der Waals surface area contributed by atoms with Crippen molar-refractivity contribution < 1.29 is 21.6 Å². The van der Waals surface area contributed by atoms with Crippen molar-refractivity contribution in [3.63, 3.8) is 0 Å². The zero-order chi connectivity index (χ0) is 20.0. The van der Waals surface area contributed by atoms with Crippen molar-refractivity contribution in [2.24, 2.45) is 0 Å². The molecular formula is C18H18ClNO5S2. The van der Waals surface area contributed by atoms with Crippen LogP contribution in [-0.2, 0) is 26.1 Å². The van der Waals surface area contributed by atoms with E-state index in [1.54, 1.807) is 17.0 Å². The first-order valence-corrected chi connectivity index (χ1v) is 12.3. The molecule has 0 saturated heterocycles. The molecule has 0 aromatic heterocycles. The fourth-order valence-corrected chi connectivity index (χ4v) is 5.06. The molecule has 0 atom stereocenters. The molecule has 0 bridgehead atoms. The molecule has 1 aliphatic rings. The molecule has 0 spiro atoms. The lowest BCUT2D eigenvalue weighted by Crippen LogP contribution is -2.35. The van der Waals surface area contributed by atoms with Gasteiger partial charge in [-0.25, -0.2) is 16.8 Å². The second-order valence-corrected chi connectivity index (χ2v) is 10.9. The summed E-state index contributed by atoms with van der Waals surface area (Å²) in [5.74, 6) is -0.357. The Morgan fingerprint density at radius 2 is 1.70 bits per heavy atom. The van der Waals surface area contributed by atoms with Crippen LogP contribution in [-0.4, -0.2) is 41.8 Å². The van der Waals surface area contributed by atoms with E-state index in [1.807, 2.05) is 0 Å². The van der Waals surface area contributed by atoms with Crippen LogP contribution in [0.5, 0.6) is 0 Å². The summed E-state index contributed by atoms with van der Waals surface area (Å²) in [6, 6.07) is 8.84. The molecule has 1 heterocycles. The van der Waals surface area contributed by atoms with Gasteiger partial charge in [-0.2, -0.15) is 0 Å². The van der Waals surface area contributed by atoms with Crippen molar-refractivity contribution in [3.8, 4) is 0 Å². The van der Waals surface area contributed by atoms with E-state index >= 15 is 0 Å². The molecule has 0 fully saturated rings. The fourth-order valence-electron chi connectivity index (χ4n) is 3.09. The number of halogens is 1. The van der Waals surface area contributed by atoms with Gasteiger partial charge in [-0.3, -0.25) is 4.79 Å². The van der Waals surface area contributed by atoms with Gasteiger partial charge in [0.2, 0.25) is 0 Å². The molecule has 2 aromatic rings. The van der Waals surface area contributed by atoms with Crippen LogP contribution in [0.4, 0.5) is 5.69 Å². The highest BCUT2D eigenvalue weighted by atomic mass is 35.5. The third-order valence-corrected chi connectivity index (χ3v) is 7.11. The second-order valence-electron chi connectivity index (χ2n) is 6.54. The third kappa shape index (κ3) is 4.02. The Bertz CT molecular complexity index is 1140. The van der Waals surface area contributed by atoms with E-state index in [-0.39, 0.29) is 26.3 Å².